The molecule has 2 atom stereocenters. The van der Waals surface area contributed by atoms with E-state index in [1.54, 1.807) is 0 Å². The Bertz CT molecular complexity index is 485. The molecule has 6 heteroatoms. The summed E-state index contributed by atoms with van der Waals surface area (Å²) >= 11 is 0. The van der Waals surface area contributed by atoms with Gasteiger partial charge in [0.2, 0.25) is 0 Å². The van der Waals surface area contributed by atoms with Crippen LogP contribution in [0, 0.1) is 5.92 Å². The third kappa shape index (κ3) is 3.52. The predicted molar refractivity (Wildman–Crippen MR) is 81.9 cm³/mol. The quantitative estimate of drug-likeness (QED) is 0.847. The summed E-state index contributed by atoms with van der Waals surface area (Å²) in [5, 5.41) is 2.95. The Kier molecular flexibility index (Phi) is 4.43. The van der Waals surface area contributed by atoms with Crippen LogP contribution in [0.1, 0.15) is 51.4 Å². The second-order valence-electron chi connectivity index (χ2n) is 6.85. The molecule has 3 rings (SSSR count). The summed E-state index contributed by atoms with van der Waals surface area (Å²) < 4.78 is 23.0. The van der Waals surface area contributed by atoms with E-state index in [9.17, 15) is 13.2 Å². The van der Waals surface area contributed by atoms with Crippen molar-refractivity contribution in [3.8, 4) is 0 Å². The van der Waals surface area contributed by atoms with Crippen LogP contribution in [0.15, 0.2) is 0 Å². The number of rotatable bonds is 2. The van der Waals surface area contributed by atoms with Gasteiger partial charge in [-0.3, -0.25) is 0 Å². The Hall–Kier alpha value is -0.780. The van der Waals surface area contributed by atoms with Crippen molar-refractivity contribution in [3.63, 3.8) is 0 Å². The first-order valence-corrected chi connectivity index (χ1v) is 10.1. The number of carbonyl (C=O) groups is 1. The highest BCUT2D eigenvalue weighted by atomic mass is 32.2. The van der Waals surface area contributed by atoms with Gasteiger partial charge in [-0.25, -0.2) is 13.2 Å². The fourth-order valence-corrected chi connectivity index (χ4v) is 5.89. The molecule has 1 N–H and O–H groups in total. The molecule has 0 radical (unpaired) electrons. The lowest BCUT2D eigenvalue weighted by Crippen LogP contribution is -2.49. The molecule has 120 valence electrons. The number of carbonyl (C=O) groups excluding carboxylic acids is 1. The summed E-state index contributed by atoms with van der Waals surface area (Å²) in [6, 6.07) is 0.156. The normalized spacial score (nSPS) is 33.2. The molecule has 2 amide bonds. The highest BCUT2D eigenvalue weighted by Crippen LogP contribution is 2.34. The minimum atomic E-state index is -2.93. The minimum Gasteiger partial charge on any atom is -0.334 e. The van der Waals surface area contributed by atoms with Gasteiger partial charge in [0, 0.05) is 18.6 Å². The number of likely N-dealkylation sites (tertiary alicyclic amines) is 1. The van der Waals surface area contributed by atoms with Gasteiger partial charge in [-0.2, -0.15) is 0 Å². The largest absolute Gasteiger partial charge is 0.334 e. The predicted octanol–water partition coefficient (Wildman–Crippen LogP) is 1.93. The van der Waals surface area contributed by atoms with E-state index in [-0.39, 0.29) is 23.6 Å². The van der Waals surface area contributed by atoms with Crippen molar-refractivity contribution in [3.05, 3.63) is 0 Å². The molecule has 2 heterocycles. The van der Waals surface area contributed by atoms with Crippen molar-refractivity contribution in [1.82, 2.24) is 10.2 Å². The van der Waals surface area contributed by atoms with Gasteiger partial charge >= 0.3 is 6.03 Å². The van der Waals surface area contributed by atoms with Crippen molar-refractivity contribution in [2.24, 2.45) is 5.92 Å². The molecule has 0 aromatic rings. The summed E-state index contributed by atoms with van der Waals surface area (Å²) in [5.74, 6) is 0.976. The average molecular weight is 314 g/mol. The van der Waals surface area contributed by atoms with E-state index in [4.69, 9.17) is 0 Å². The molecular weight excluding hydrogens is 288 g/mol. The van der Waals surface area contributed by atoms with Crippen molar-refractivity contribution in [2.75, 3.05) is 18.1 Å². The molecule has 5 nitrogen and oxygen atoms in total. The minimum absolute atomic E-state index is 0.0369. The highest BCUT2D eigenvalue weighted by Gasteiger charge is 2.37. The summed E-state index contributed by atoms with van der Waals surface area (Å²) in [7, 11) is -2.93. The standard InChI is InChI=1S/C15H26N2O3S/c18-15(16-13-8-10-21(19,20)11-13)17-9-4-7-14(17)12-5-2-1-3-6-12/h12-14H,1-11H2,(H,16,18)/t13-,14-/m1/s1. The maximum Gasteiger partial charge on any atom is 0.317 e. The first-order chi connectivity index (χ1) is 10.1. The van der Waals surface area contributed by atoms with Gasteiger partial charge in [0.05, 0.1) is 11.5 Å². The molecule has 1 saturated carbocycles. The van der Waals surface area contributed by atoms with Crippen LogP contribution in [0.5, 0.6) is 0 Å². The molecule has 2 aliphatic heterocycles. The molecule has 0 unspecified atom stereocenters. The third-order valence-corrected chi connectivity index (χ3v) is 7.08. The first kappa shape index (κ1) is 15.1. The molecule has 1 aliphatic carbocycles. The topological polar surface area (TPSA) is 66.5 Å². The Balaban J connectivity index is 1.58. The summed E-state index contributed by atoms with van der Waals surface area (Å²) in [4.78, 5) is 14.5. The van der Waals surface area contributed by atoms with Crippen LogP contribution in [0.2, 0.25) is 0 Å². The maximum atomic E-state index is 12.5. The lowest BCUT2D eigenvalue weighted by Gasteiger charge is -2.34. The molecule has 0 bridgehead atoms. The van der Waals surface area contributed by atoms with Gasteiger partial charge in [-0.1, -0.05) is 19.3 Å². The van der Waals surface area contributed by atoms with Gasteiger partial charge in [0.15, 0.2) is 9.84 Å². The van der Waals surface area contributed by atoms with Gasteiger partial charge in [-0.15, -0.1) is 0 Å². The number of nitrogens with one attached hydrogen (secondary N) is 1. The van der Waals surface area contributed by atoms with E-state index in [1.165, 1.54) is 32.1 Å². The van der Waals surface area contributed by atoms with Crippen molar-refractivity contribution in [1.29, 1.82) is 0 Å². The molecule has 0 aromatic carbocycles. The fraction of sp³-hybridized carbons (Fsp3) is 0.933. The van der Waals surface area contributed by atoms with E-state index < -0.39 is 9.84 Å². The van der Waals surface area contributed by atoms with E-state index in [1.807, 2.05) is 4.90 Å². The van der Waals surface area contributed by atoms with E-state index in [2.05, 4.69) is 5.32 Å². The lowest BCUT2D eigenvalue weighted by molar-refractivity contribution is 0.154. The SMILES string of the molecule is O=C(N[C@@H]1CCS(=O)(=O)C1)N1CCC[C@@H]1C1CCCCC1. The number of sulfone groups is 1. The average Bonchev–Trinajstić information content (AvgIpc) is 3.06. The van der Waals surface area contributed by atoms with E-state index in [0.717, 1.165) is 19.4 Å². The van der Waals surface area contributed by atoms with Crippen molar-refractivity contribution in [2.45, 2.75) is 63.5 Å². The van der Waals surface area contributed by atoms with Crippen LogP contribution in [-0.4, -0.2) is 49.5 Å². The Morgan fingerprint density at radius 2 is 1.76 bits per heavy atom. The van der Waals surface area contributed by atoms with Crippen LogP contribution in [-0.2, 0) is 9.84 Å². The number of amides is 2. The molecule has 3 aliphatic rings. The van der Waals surface area contributed by atoms with E-state index in [0.29, 0.717) is 18.4 Å². The zero-order valence-corrected chi connectivity index (χ0v) is 13.4. The zero-order valence-electron chi connectivity index (χ0n) is 12.6. The smallest absolute Gasteiger partial charge is 0.317 e. The second-order valence-corrected chi connectivity index (χ2v) is 9.08. The van der Waals surface area contributed by atoms with Crippen LogP contribution in [0.25, 0.3) is 0 Å². The molecular formula is C15H26N2O3S. The fourth-order valence-electron chi connectivity index (χ4n) is 4.22. The zero-order chi connectivity index (χ0) is 14.9. The third-order valence-electron chi connectivity index (χ3n) is 5.31. The summed E-state index contributed by atoms with van der Waals surface area (Å²) in [6.45, 7) is 0.826. The number of hydrogen-bond acceptors (Lipinski definition) is 3. The van der Waals surface area contributed by atoms with Gasteiger partial charge < -0.3 is 10.2 Å². The van der Waals surface area contributed by atoms with E-state index >= 15 is 0 Å². The van der Waals surface area contributed by atoms with Crippen molar-refractivity contribution < 1.29 is 13.2 Å². The highest BCUT2D eigenvalue weighted by molar-refractivity contribution is 7.91. The van der Waals surface area contributed by atoms with Gasteiger partial charge in [0.25, 0.3) is 0 Å². The second kappa shape index (κ2) is 6.15. The van der Waals surface area contributed by atoms with Crippen LogP contribution >= 0.6 is 0 Å². The van der Waals surface area contributed by atoms with Crippen LogP contribution < -0.4 is 5.32 Å². The van der Waals surface area contributed by atoms with Gasteiger partial charge in [0.1, 0.15) is 0 Å². The lowest BCUT2D eigenvalue weighted by atomic mass is 9.83. The Labute approximate surface area is 127 Å². The molecule has 21 heavy (non-hydrogen) atoms. The Morgan fingerprint density at radius 1 is 1.00 bits per heavy atom. The van der Waals surface area contributed by atoms with Crippen LogP contribution in [0.3, 0.4) is 0 Å². The maximum absolute atomic E-state index is 12.5. The first-order valence-electron chi connectivity index (χ1n) is 8.33. The summed E-state index contributed by atoms with van der Waals surface area (Å²) in [5.41, 5.74) is 0. The number of nitrogens with zero attached hydrogens (tertiary/aromatic N) is 1. The molecule has 3 fully saturated rings. The molecule has 0 aromatic heterocycles. The Morgan fingerprint density at radius 3 is 2.43 bits per heavy atom. The molecule has 2 saturated heterocycles. The van der Waals surface area contributed by atoms with Gasteiger partial charge in [-0.05, 0) is 38.0 Å². The van der Waals surface area contributed by atoms with Crippen molar-refractivity contribution >= 4 is 15.9 Å². The summed E-state index contributed by atoms with van der Waals surface area (Å²) in [6.07, 6.45) is 9.15. The number of urea groups is 1. The number of hydrogen-bond donors (Lipinski definition) is 1. The molecule has 0 spiro atoms. The van der Waals surface area contributed by atoms with Crippen LogP contribution in [0.4, 0.5) is 4.79 Å². The monoisotopic (exact) mass is 314 g/mol.